The van der Waals surface area contributed by atoms with Gasteiger partial charge < -0.3 is 25.7 Å². The van der Waals surface area contributed by atoms with E-state index in [9.17, 15) is 9.59 Å². The fourth-order valence-corrected chi connectivity index (χ4v) is 4.12. The number of nitrogens with zero attached hydrogens (tertiary/aromatic N) is 3. The first-order chi connectivity index (χ1) is 19.3. The number of carbonyl (C=O) groups is 1. The van der Waals surface area contributed by atoms with Gasteiger partial charge >= 0.3 is 5.69 Å². The van der Waals surface area contributed by atoms with Crippen LogP contribution in [0.1, 0.15) is 12.6 Å². The summed E-state index contributed by atoms with van der Waals surface area (Å²) in [5, 5.41) is 14.4. The van der Waals surface area contributed by atoms with E-state index in [-0.39, 0.29) is 11.6 Å². The number of anilines is 2. The Kier molecular flexibility index (Phi) is 8.78. The molecule has 3 N–H and O–H groups in total. The van der Waals surface area contributed by atoms with E-state index < -0.39 is 5.69 Å². The Morgan fingerprint density at radius 1 is 0.975 bits per heavy atom. The van der Waals surface area contributed by atoms with E-state index in [4.69, 9.17) is 10.1 Å². The lowest BCUT2D eigenvalue weighted by Crippen LogP contribution is -2.23. The number of benzene rings is 3. The zero-order valence-corrected chi connectivity index (χ0v) is 22.7. The van der Waals surface area contributed by atoms with Crippen molar-refractivity contribution in [3.8, 4) is 22.9 Å². The lowest BCUT2D eigenvalue weighted by molar-refractivity contribution is -0.111. The van der Waals surface area contributed by atoms with Crippen molar-refractivity contribution in [1.82, 2.24) is 14.0 Å². The molecule has 1 aromatic heterocycles. The number of hydrogen-bond acceptors (Lipinski definition) is 6. The molecule has 0 spiro atoms. The molecule has 0 radical (unpaired) electrons. The van der Waals surface area contributed by atoms with Crippen LogP contribution in [0, 0.1) is 5.41 Å². The molecular formula is C31H32N6O3. The minimum absolute atomic E-state index is 0.181. The normalized spacial score (nSPS) is 11.0. The zero-order valence-electron chi connectivity index (χ0n) is 22.7. The molecule has 0 aliphatic carbocycles. The van der Waals surface area contributed by atoms with E-state index in [1.807, 2.05) is 49.3 Å². The SMILES string of the molecule is C=CNc1c(C(C)=N)n(-c2ccc(Oc3ccccc3)cc2)c(=O)n1-c1cccc(NC(=O)/C=C/CN(C)C)c1. The number of carbonyl (C=O) groups excluding carboxylic acids is 1. The molecule has 0 fully saturated rings. The second-order valence-electron chi connectivity index (χ2n) is 9.24. The molecule has 40 heavy (non-hydrogen) atoms. The predicted molar refractivity (Wildman–Crippen MR) is 161 cm³/mol. The van der Waals surface area contributed by atoms with Gasteiger partial charge in [-0.1, -0.05) is 36.9 Å². The number of aromatic nitrogens is 2. The maximum absolute atomic E-state index is 13.9. The lowest BCUT2D eigenvalue weighted by Gasteiger charge is -2.11. The summed E-state index contributed by atoms with van der Waals surface area (Å²) in [6.07, 6.45) is 4.70. The third-order valence-electron chi connectivity index (χ3n) is 5.83. The molecule has 4 aromatic rings. The van der Waals surface area contributed by atoms with Crippen LogP contribution < -0.4 is 21.1 Å². The van der Waals surface area contributed by atoms with Crippen LogP contribution in [-0.4, -0.2) is 46.3 Å². The van der Waals surface area contributed by atoms with Gasteiger partial charge in [-0.2, -0.15) is 0 Å². The quantitative estimate of drug-likeness (QED) is 0.175. The largest absolute Gasteiger partial charge is 0.457 e. The molecule has 0 saturated carbocycles. The van der Waals surface area contributed by atoms with E-state index in [1.54, 1.807) is 61.5 Å². The predicted octanol–water partition coefficient (Wildman–Crippen LogP) is 5.42. The second kappa shape index (κ2) is 12.6. The lowest BCUT2D eigenvalue weighted by atomic mass is 10.2. The highest BCUT2D eigenvalue weighted by Gasteiger charge is 2.23. The van der Waals surface area contributed by atoms with Crippen LogP contribution in [-0.2, 0) is 4.79 Å². The fourth-order valence-electron chi connectivity index (χ4n) is 4.12. The molecule has 0 aliphatic heterocycles. The van der Waals surface area contributed by atoms with E-state index in [2.05, 4.69) is 17.2 Å². The number of hydrogen-bond donors (Lipinski definition) is 3. The minimum Gasteiger partial charge on any atom is -0.457 e. The average Bonchev–Trinajstić information content (AvgIpc) is 3.21. The third-order valence-corrected chi connectivity index (χ3v) is 5.83. The maximum atomic E-state index is 13.9. The van der Waals surface area contributed by atoms with Gasteiger partial charge in [0, 0.05) is 18.3 Å². The Hall–Kier alpha value is -5.15. The van der Waals surface area contributed by atoms with Crippen molar-refractivity contribution in [2.45, 2.75) is 6.92 Å². The summed E-state index contributed by atoms with van der Waals surface area (Å²) in [6.45, 7) is 6.02. The van der Waals surface area contributed by atoms with Gasteiger partial charge in [0.1, 0.15) is 23.0 Å². The molecule has 9 nitrogen and oxygen atoms in total. The summed E-state index contributed by atoms with van der Waals surface area (Å²) in [4.78, 5) is 28.3. The smallest absolute Gasteiger partial charge is 0.339 e. The van der Waals surface area contributed by atoms with Gasteiger partial charge in [0.2, 0.25) is 5.91 Å². The third kappa shape index (κ3) is 6.46. The number of para-hydroxylation sites is 1. The Morgan fingerprint density at radius 3 is 2.33 bits per heavy atom. The molecule has 1 amide bonds. The first-order valence-electron chi connectivity index (χ1n) is 12.6. The average molecular weight is 537 g/mol. The van der Waals surface area contributed by atoms with Gasteiger partial charge in [-0.05, 0) is 81.8 Å². The number of imidazole rings is 1. The summed E-state index contributed by atoms with van der Waals surface area (Å²) in [5.74, 6) is 1.42. The molecule has 0 aliphatic rings. The van der Waals surface area contributed by atoms with Crippen LogP contribution in [0.4, 0.5) is 11.5 Å². The summed E-state index contributed by atoms with van der Waals surface area (Å²) < 4.78 is 8.82. The summed E-state index contributed by atoms with van der Waals surface area (Å²) in [7, 11) is 3.84. The number of ether oxygens (including phenoxy) is 1. The van der Waals surface area contributed by atoms with E-state index in [1.165, 1.54) is 21.4 Å². The van der Waals surface area contributed by atoms with Crippen molar-refractivity contribution < 1.29 is 9.53 Å². The van der Waals surface area contributed by atoms with Gasteiger partial charge in [0.05, 0.1) is 17.1 Å². The van der Waals surface area contributed by atoms with Crippen LogP contribution in [0.3, 0.4) is 0 Å². The molecule has 4 rings (SSSR count). The van der Waals surface area contributed by atoms with Gasteiger partial charge in [-0.25, -0.2) is 9.36 Å². The van der Waals surface area contributed by atoms with E-state index in [0.29, 0.717) is 46.6 Å². The molecule has 3 aromatic carbocycles. The summed E-state index contributed by atoms with van der Waals surface area (Å²) in [5.41, 5.74) is 1.76. The molecule has 0 unspecified atom stereocenters. The second-order valence-corrected chi connectivity index (χ2v) is 9.24. The Morgan fingerprint density at radius 2 is 1.68 bits per heavy atom. The van der Waals surface area contributed by atoms with Gasteiger partial charge in [-0.15, -0.1) is 0 Å². The van der Waals surface area contributed by atoms with Crippen LogP contribution in [0.25, 0.3) is 11.4 Å². The molecule has 0 atom stereocenters. The van der Waals surface area contributed by atoms with Crippen LogP contribution in [0.5, 0.6) is 11.5 Å². The van der Waals surface area contributed by atoms with Crippen molar-refractivity contribution in [1.29, 1.82) is 5.41 Å². The highest BCUT2D eigenvalue weighted by atomic mass is 16.5. The van der Waals surface area contributed by atoms with Gasteiger partial charge in [0.25, 0.3) is 0 Å². The van der Waals surface area contributed by atoms with Crippen LogP contribution in [0.2, 0.25) is 0 Å². The standard InChI is InChI=1S/C31H32N6O3/c1-5-33-30-29(22(2)32)36(24-16-18-27(19-17-24)40-26-13-7-6-8-14-26)31(39)37(30)25-12-9-11-23(21-25)34-28(38)15-10-20-35(3)4/h5-19,21,32-33H,1,20H2,2-4H3,(H,34,38)/b15-10+,32-22?. The number of nitrogens with one attached hydrogen (secondary N) is 3. The Bertz CT molecular complexity index is 1600. The highest BCUT2D eigenvalue weighted by Crippen LogP contribution is 2.27. The van der Waals surface area contributed by atoms with E-state index in [0.717, 1.165) is 0 Å². The number of likely N-dealkylation sites (N-methyl/N-ethyl adjacent to an activating group) is 1. The van der Waals surface area contributed by atoms with Crippen LogP contribution in [0.15, 0.2) is 109 Å². The van der Waals surface area contributed by atoms with Gasteiger partial charge in [0.15, 0.2) is 0 Å². The number of rotatable bonds is 11. The topological polar surface area (TPSA) is 104 Å². The van der Waals surface area contributed by atoms with E-state index >= 15 is 0 Å². The fraction of sp³-hybridized carbons (Fsp3) is 0.129. The van der Waals surface area contributed by atoms with Crippen molar-refractivity contribution in [2.24, 2.45) is 0 Å². The maximum Gasteiger partial charge on any atom is 0.339 e. The first-order valence-corrected chi connectivity index (χ1v) is 12.6. The highest BCUT2D eigenvalue weighted by molar-refractivity contribution is 6.01. The minimum atomic E-state index is -0.392. The number of amides is 1. The van der Waals surface area contributed by atoms with Crippen molar-refractivity contribution in [3.63, 3.8) is 0 Å². The summed E-state index contributed by atoms with van der Waals surface area (Å²) in [6, 6.07) is 23.5. The summed E-state index contributed by atoms with van der Waals surface area (Å²) >= 11 is 0. The molecule has 9 heteroatoms. The van der Waals surface area contributed by atoms with Crippen molar-refractivity contribution in [2.75, 3.05) is 31.3 Å². The molecule has 0 bridgehead atoms. The Balaban J connectivity index is 1.73. The Labute approximate surface area is 233 Å². The molecule has 0 saturated heterocycles. The van der Waals surface area contributed by atoms with Crippen molar-refractivity contribution >= 4 is 23.1 Å². The van der Waals surface area contributed by atoms with Crippen molar-refractivity contribution in [3.05, 3.63) is 120 Å². The molecular weight excluding hydrogens is 504 g/mol. The molecule has 204 valence electrons. The van der Waals surface area contributed by atoms with Gasteiger partial charge in [-0.3, -0.25) is 9.36 Å². The first kappa shape index (κ1) is 27.9. The zero-order chi connectivity index (χ0) is 28.6. The van der Waals surface area contributed by atoms with Crippen LogP contribution >= 0.6 is 0 Å². The monoisotopic (exact) mass is 536 g/mol. The molecule has 1 heterocycles.